The lowest BCUT2D eigenvalue weighted by molar-refractivity contribution is -0.0524. The molecule has 0 aliphatic carbocycles. The Kier molecular flexibility index (Phi) is 4.52. The normalized spacial score (nSPS) is 18.9. The van der Waals surface area contributed by atoms with Crippen LogP contribution in [0.3, 0.4) is 0 Å². The molecule has 0 aromatic carbocycles. The summed E-state index contributed by atoms with van der Waals surface area (Å²) in [5.41, 5.74) is -6.24. The maximum absolute atomic E-state index is 12.2. The van der Waals surface area contributed by atoms with E-state index in [-0.39, 0.29) is 18.7 Å². The van der Waals surface area contributed by atoms with Crippen molar-refractivity contribution in [2.24, 2.45) is 0 Å². The Labute approximate surface area is 120 Å². The van der Waals surface area contributed by atoms with E-state index >= 15 is 0 Å². The molecular weight excluding hydrogens is 315 g/mol. The Morgan fingerprint density at radius 3 is 2.10 bits per heavy atom. The van der Waals surface area contributed by atoms with Gasteiger partial charge in [0.1, 0.15) is 11.4 Å². The van der Waals surface area contributed by atoms with Crippen molar-refractivity contribution in [3.05, 3.63) is 11.5 Å². The zero-order valence-corrected chi connectivity index (χ0v) is 12.8. The van der Waals surface area contributed by atoms with Crippen molar-refractivity contribution < 1.29 is 35.3 Å². The van der Waals surface area contributed by atoms with Crippen LogP contribution in [0.25, 0.3) is 0 Å². The molecule has 1 saturated heterocycles. The van der Waals surface area contributed by atoms with Gasteiger partial charge in [0.05, 0.1) is 5.70 Å². The predicted octanol–water partition coefficient (Wildman–Crippen LogP) is 2.72. The number of ether oxygens (including phenoxy) is 1. The zero-order chi connectivity index (χ0) is 16.6. The average Bonchev–Trinajstić information content (AvgIpc) is 2.07. The fourth-order valence-electron chi connectivity index (χ4n) is 1.48. The van der Waals surface area contributed by atoms with Gasteiger partial charge in [-0.1, -0.05) is 0 Å². The molecule has 10 heteroatoms. The van der Waals surface area contributed by atoms with E-state index in [0.717, 1.165) is 11.8 Å². The van der Waals surface area contributed by atoms with Gasteiger partial charge in [-0.2, -0.15) is 21.6 Å². The van der Waals surface area contributed by atoms with Crippen LogP contribution in [-0.2, 0) is 19.0 Å². The number of hydrogen-bond donors (Lipinski definition) is 0. The molecule has 1 fully saturated rings. The van der Waals surface area contributed by atoms with Gasteiger partial charge in [-0.3, -0.25) is 4.90 Å². The number of carbonyl (C=O) groups is 1. The maximum Gasteiger partial charge on any atom is 0.534 e. The molecule has 0 unspecified atom stereocenters. The summed E-state index contributed by atoms with van der Waals surface area (Å²) in [4.78, 5) is 12.8. The van der Waals surface area contributed by atoms with Gasteiger partial charge in [0.15, 0.2) is 0 Å². The molecule has 1 heterocycles. The van der Waals surface area contributed by atoms with E-state index in [1.807, 2.05) is 0 Å². The predicted molar refractivity (Wildman–Crippen MR) is 66.3 cm³/mol. The third-order valence-corrected chi connectivity index (χ3v) is 3.47. The number of amides is 1. The number of likely N-dealkylation sites (tertiary alicyclic amines) is 1. The largest absolute Gasteiger partial charge is 0.534 e. The van der Waals surface area contributed by atoms with Gasteiger partial charge in [-0.25, -0.2) is 4.79 Å². The van der Waals surface area contributed by atoms with Crippen molar-refractivity contribution >= 4 is 16.2 Å². The van der Waals surface area contributed by atoms with Gasteiger partial charge in [0.25, 0.3) is 0 Å². The van der Waals surface area contributed by atoms with Crippen LogP contribution in [0.15, 0.2) is 11.5 Å². The summed E-state index contributed by atoms with van der Waals surface area (Å²) in [6, 6.07) is 0. The van der Waals surface area contributed by atoms with E-state index in [0.29, 0.717) is 0 Å². The second-order valence-electron chi connectivity index (χ2n) is 5.37. The Morgan fingerprint density at radius 1 is 1.24 bits per heavy atom. The van der Waals surface area contributed by atoms with E-state index in [1.165, 1.54) is 0 Å². The molecule has 6 nitrogen and oxygen atoms in total. The van der Waals surface area contributed by atoms with Crippen LogP contribution >= 0.6 is 0 Å². The van der Waals surface area contributed by atoms with Crippen LogP contribution in [0.5, 0.6) is 0 Å². The van der Waals surface area contributed by atoms with Crippen LogP contribution in [0, 0.1) is 0 Å². The summed E-state index contributed by atoms with van der Waals surface area (Å²) in [6.07, 6.45) is -0.547. The summed E-state index contributed by atoms with van der Waals surface area (Å²) in [5, 5.41) is 0. The first-order valence-corrected chi connectivity index (χ1v) is 7.36. The molecule has 0 aromatic heterocycles. The Morgan fingerprint density at radius 2 is 1.76 bits per heavy atom. The van der Waals surface area contributed by atoms with E-state index in [9.17, 15) is 26.4 Å². The minimum atomic E-state index is -5.74. The van der Waals surface area contributed by atoms with Crippen LogP contribution in [0.1, 0.15) is 34.1 Å². The lowest BCUT2D eigenvalue weighted by atomic mass is 10.1. The molecule has 0 saturated carbocycles. The lowest BCUT2D eigenvalue weighted by Gasteiger charge is -2.36. The highest BCUT2D eigenvalue weighted by atomic mass is 32.2. The molecule has 0 spiro atoms. The average molecular weight is 331 g/mol. The summed E-state index contributed by atoms with van der Waals surface area (Å²) in [7, 11) is -5.74. The van der Waals surface area contributed by atoms with Gasteiger partial charge in [0, 0.05) is 13.0 Å². The monoisotopic (exact) mass is 331 g/mol. The van der Waals surface area contributed by atoms with Crippen molar-refractivity contribution in [1.82, 2.24) is 4.90 Å². The smallest absolute Gasteiger partial charge is 0.443 e. The quantitative estimate of drug-likeness (QED) is 0.442. The highest BCUT2D eigenvalue weighted by Crippen LogP contribution is 2.32. The summed E-state index contributed by atoms with van der Waals surface area (Å²) in [6.45, 7) is 6.16. The molecule has 0 N–H and O–H groups in total. The number of rotatable bonds is 2. The molecule has 122 valence electrons. The first-order chi connectivity index (χ1) is 9.24. The van der Waals surface area contributed by atoms with Gasteiger partial charge in [-0.05, 0) is 27.7 Å². The molecule has 0 radical (unpaired) electrons. The van der Waals surface area contributed by atoms with Crippen LogP contribution < -0.4 is 0 Å². The maximum atomic E-state index is 12.2. The van der Waals surface area contributed by atoms with Gasteiger partial charge in [-0.15, -0.1) is 0 Å². The number of nitrogens with zero attached hydrogens (tertiary/aromatic N) is 1. The van der Waals surface area contributed by atoms with Crippen LogP contribution in [-0.4, -0.2) is 37.1 Å². The molecule has 0 aromatic rings. The lowest BCUT2D eigenvalue weighted by Crippen LogP contribution is -2.44. The SMILES string of the molecule is CC(OS(=O)(=O)C(F)(F)F)=C1CCN1C(=O)OC(C)(C)C. The fourth-order valence-corrected chi connectivity index (χ4v) is 2.00. The minimum absolute atomic E-state index is 0.0528. The van der Waals surface area contributed by atoms with Crippen molar-refractivity contribution in [2.45, 2.75) is 45.2 Å². The number of allylic oxidation sites excluding steroid dienone is 1. The van der Waals surface area contributed by atoms with Crippen LogP contribution in [0.4, 0.5) is 18.0 Å². The Balaban J connectivity index is 2.87. The third-order valence-electron chi connectivity index (χ3n) is 2.44. The Hall–Kier alpha value is -1.45. The molecule has 1 aliphatic rings. The number of carbonyl (C=O) groups excluding carboxylic acids is 1. The van der Waals surface area contributed by atoms with E-state index in [2.05, 4.69) is 4.18 Å². The summed E-state index contributed by atoms with van der Waals surface area (Å²) >= 11 is 0. The Bertz CT molecular complexity index is 559. The molecule has 21 heavy (non-hydrogen) atoms. The minimum Gasteiger partial charge on any atom is -0.443 e. The first kappa shape index (κ1) is 17.6. The van der Waals surface area contributed by atoms with E-state index in [1.54, 1.807) is 20.8 Å². The standard InChI is InChI=1S/C11H16F3NO5S/c1-7(20-21(17,18)11(12,13)14)8-5-6-15(8)9(16)19-10(2,3)4/h5-6H2,1-4H3. The second kappa shape index (κ2) is 5.39. The van der Waals surface area contributed by atoms with E-state index < -0.39 is 33.1 Å². The highest BCUT2D eigenvalue weighted by Gasteiger charge is 2.49. The summed E-state index contributed by atoms with van der Waals surface area (Å²) < 4.78 is 67.5. The van der Waals surface area contributed by atoms with Gasteiger partial charge in [0.2, 0.25) is 0 Å². The first-order valence-electron chi connectivity index (χ1n) is 5.95. The topological polar surface area (TPSA) is 72.9 Å². The number of hydrogen-bond acceptors (Lipinski definition) is 5. The van der Waals surface area contributed by atoms with Gasteiger partial charge >= 0.3 is 21.7 Å². The number of halogens is 3. The van der Waals surface area contributed by atoms with E-state index in [4.69, 9.17) is 4.74 Å². The highest BCUT2D eigenvalue weighted by molar-refractivity contribution is 7.87. The molecule has 0 atom stereocenters. The van der Waals surface area contributed by atoms with Crippen molar-refractivity contribution in [1.29, 1.82) is 0 Å². The van der Waals surface area contributed by atoms with Crippen molar-refractivity contribution in [2.75, 3.05) is 6.54 Å². The van der Waals surface area contributed by atoms with Crippen LogP contribution in [0.2, 0.25) is 0 Å². The number of alkyl halides is 3. The van der Waals surface area contributed by atoms with Crippen molar-refractivity contribution in [3.63, 3.8) is 0 Å². The molecule has 0 bridgehead atoms. The molecular formula is C11H16F3NO5S. The summed E-state index contributed by atoms with van der Waals surface area (Å²) in [5.74, 6) is -0.496. The fraction of sp³-hybridized carbons (Fsp3) is 0.727. The molecule has 1 rings (SSSR count). The molecule has 1 aliphatic heterocycles. The van der Waals surface area contributed by atoms with Crippen molar-refractivity contribution in [3.8, 4) is 0 Å². The zero-order valence-electron chi connectivity index (χ0n) is 11.9. The van der Waals surface area contributed by atoms with Gasteiger partial charge < -0.3 is 8.92 Å². The second-order valence-corrected chi connectivity index (χ2v) is 6.91. The molecule has 1 amide bonds. The third kappa shape index (κ3) is 4.26.